The van der Waals surface area contributed by atoms with Crippen LogP contribution in [0.2, 0.25) is 0 Å². The molecule has 1 aliphatic rings. The van der Waals surface area contributed by atoms with Crippen LogP contribution in [0.15, 0.2) is 18.2 Å². The number of carbonyl (C=O) groups is 1. The zero-order valence-corrected chi connectivity index (χ0v) is 19.8. The number of aliphatic hydroxyl groups excluding tert-OH is 3. The first kappa shape index (κ1) is 25.9. The van der Waals surface area contributed by atoms with Gasteiger partial charge in [0.1, 0.15) is 36.8 Å². The Morgan fingerprint density at radius 1 is 1.21 bits per heavy atom. The average Bonchev–Trinajstić information content (AvgIpc) is 3.10. The average molecular weight is 483 g/mol. The van der Waals surface area contributed by atoms with E-state index in [9.17, 15) is 24.5 Å². The van der Waals surface area contributed by atoms with Crippen LogP contribution in [-0.4, -0.2) is 75.7 Å². The Balaban J connectivity index is 1.89. The summed E-state index contributed by atoms with van der Waals surface area (Å²) in [7, 11) is 1.12. The molecule has 0 spiro atoms. The number of hydrogen-bond acceptors (Lipinski definition) is 9. The zero-order chi connectivity index (χ0) is 25.2. The minimum atomic E-state index is -1.64. The third kappa shape index (κ3) is 5.49. The number of aromatic nitrogens is 2. The molecule has 0 amide bonds. The maximum absolute atomic E-state index is 14.6. The highest BCUT2D eigenvalue weighted by molar-refractivity contribution is 5.59. The van der Waals surface area contributed by atoms with E-state index in [-0.39, 0.29) is 24.2 Å². The van der Waals surface area contributed by atoms with E-state index in [1.807, 2.05) is 20.8 Å². The summed E-state index contributed by atoms with van der Waals surface area (Å²) in [6.45, 7) is 7.02. The third-order valence-corrected chi connectivity index (χ3v) is 5.73. The summed E-state index contributed by atoms with van der Waals surface area (Å²) in [6.07, 6.45) is -8.29. The Morgan fingerprint density at radius 3 is 2.53 bits per heavy atom. The van der Waals surface area contributed by atoms with Crippen molar-refractivity contribution in [1.82, 2.24) is 9.78 Å². The van der Waals surface area contributed by atoms with Gasteiger partial charge in [-0.1, -0.05) is 12.1 Å². The van der Waals surface area contributed by atoms with Crippen molar-refractivity contribution < 1.29 is 43.5 Å². The molecule has 0 bridgehead atoms. The predicted octanol–water partition coefficient (Wildman–Crippen LogP) is 1.78. The molecule has 188 valence electrons. The number of ether oxygens (including phenoxy) is 4. The minimum absolute atomic E-state index is 0.0372. The fraction of sp³-hybridized carbons (Fsp3) is 0.565. The number of hydrogen-bond donors (Lipinski definition) is 3. The Morgan fingerprint density at radius 2 is 1.91 bits per heavy atom. The maximum atomic E-state index is 14.6. The van der Waals surface area contributed by atoms with E-state index in [4.69, 9.17) is 14.2 Å². The molecule has 0 aliphatic carbocycles. The van der Waals surface area contributed by atoms with Crippen molar-refractivity contribution in [3.63, 3.8) is 0 Å². The Hall–Kier alpha value is -2.73. The standard InChI is InChI=1S/C23H31FN2O8/c1-11(2)26-13(4)15(9-14-7-6-12(3)8-16(14)24)21(25-26)34-22-20(29)19(28)18(27)17(33-22)10-32-23(30)31-5/h6-8,11,17-20,22,27-29H,9-10H2,1-5H3/t17?,18-,19+,20-,22+/m1/s1. The summed E-state index contributed by atoms with van der Waals surface area (Å²) < 4.78 is 36.9. The van der Waals surface area contributed by atoms with Gasteiger partial charge in [-0.3, -0.25) is 4.68 Å². The molecular formula is C23H31FN2O8. The fourth-order valence-electron chi connectivity index (χ4n) is 3.78. The van der Waals surface area contributed by atoms with E-state index < -0.39 is 43.5 Å². The highest BCUT2D eigenvalue weighted by Gasteiger charge is 2.46. The molecule has 3 rings (SSSR count). The van der Waals surface area contributed by atoms with E-state index in [2.05, 4.69) is 9.84 Å². The van der Waals surface area contributed by atoms with Crippen LogP contribution in [-0.2, 0) is 20.6 Å². The number of aliphatic hydroxyl groups is 3. The molecule has 1 aliphatic heterocycles. The molecule has 0 radical (unpaired) electrons. The van der Waals surface area contributed by atoms with Gasteiger partial charge in [0.15, 0.2) is 0 Å². The van der Waals surface area contributed by atoms with Gasteiger partial charge in [-0.2, -0.15) is 0 Å². The largest absolute Gasteiger partial charge is 0.508 e. The van der Waals surface area contributed by atoms with E-state index in [1.54, 1.807) is 23.7 Å². The Bertz CT molecular complexity index is 1010. The number of rotatable bonds is 7. The van der Waals surface area contributed by atoms with Crippen molar-refractivity contribution in [2.75, 3.05) is 13.7 Å². The smallest absolute Gasteiger partial charge is 0.443 e. The summed E-state index contributed by atoms with van der Waals surface area (Å²) in [5, 5.41) is 35.4. The molecule has 11 heteroatoms. The minimum Gasteiger partial charge on any atom is -0.443 e. The lowest BCUT2D eigenvalue weighted by atomic mass is 9.99. The molecule has 1 aromatic carbocycles. The first-order chi connectivity index (χ1) is 16.0. The second-order valence-corrected chi connectivity index (χ2v) is 8.58. The van der Waals surface area contributed by atoms with Gasteiger partial charge in [0.25, 0.3) is 0 Å². The molecule has 1 fully saturated rings. The number of halogens is 1. The van der Waals surface area contributed by atoms with Crippen molar-refractivity contribution in [2.24, 2.45) is 0 Å². The van der Waals surface area contributed by atoms with Gasteiger partial charge in [-0.15, -0.1) is 5.10 Å². The van der Waals surface area contributed by atoms with Gasteiger partial charge < -0.3 is 34.3 Å². The van der Waals surface area contributed by atoms with Gasteiger partial charge in [-0.05, 0) is 44.9 Å². The first-order valence-electron chi connectivity index (χ1n) is 10.9. The Kier molecular flexibility index (Phi) is 8.13. The molecule has 1 aromatic heterocycles. The molecular weight excluding hydrogens is 451 g/mol. The van der Waals surface area contributed by atoms with E-state index in [1.165, 1.54) is 6.07 Å². The van der Waals surface area contributed by atoms with Crippen molar-refractivity contribution >= 4 is 6.16 Å². The molecule has 5 atom stereocenters. The molecule has 1 saturated heterocycles. The topological polar surface area (TPSA) is 132 Å². The van der Waals surface area contributed by atoms with E-state index in [0.717, 1.165) is 18.4 Å². The zero-order valence-electron chi connectivity index (χ0n) is 19.8. The second kappa shape index (κ2) is 10.7. The monoisotopic (exact) mass is 482 g/mol. The first-order valence-corrected chi connectivity index (χ1v) is 10.9. The lowest BCUT2D eigenvalue weighted by Gasteiger charge is -2.39. The number of methoxy groups -OCH3 is 1. The molecule has 2 heterocycles. The molecule has 1 unspecified atom stereocenters. The van der Waals surface area contributed by atoms with Crippen LogP contribution < -0.4 is 4.74 Å². The fourth-order valence-corrected chi connectivity index (χ4v) is 3.78. The van der Waals surface area contributed by atoms with Crippen LogP contribution in [0.4, 0.5) is 9.18 Å². The second-order valence-electron chi connectivity index (χ2n) is 8.58. The van der Waals surface area contributed by atoms with Crippen molar-refractivity contribution in [3.05, 3.63) is 46.4 Å². The van der Waals surface area contributed by atoms with Gasteiger partial charge in [0.2, 0.25) is 12.2 Å². The normalized spacial score (nSPS) is 24.8. The number of benzene rings is 1. The van der Waals surface area contributed by atoms with Gasteiger partial charge >= 0.3 is 6.16 Å². The Labute approximate surface area is 196 Å². The van der Waals surface area contributed by atoms with Crippen LogP contribution in [0.3, 0.4) is 0 Å². The maximum Gasteiger partial charge on any atom is 0.508 e. The lowest BCUT2D eigenvalue weighted by molar-refractivity contribution is -0.278. The predicted molar refractivity (Wildman–Crippen MR) is 117 cm³/mol. The highest BCUT2D eigenvalue weighted by atomic mass is 19.1. The van der Waals surface area contributed by atoms with Crippen molar-refractivity contribution in [3.8, 4) is 5.88 Å². The van der Waals surface area contributed by atoms with Crippen LogP contribution >= 0.6 is 0 Å². The van der Waals surface area contributed by atoms with Crippen LogP contribution in [0.1, 0.15) is 42.3 Å². The molecule has 34 heavy (non-hydrogen) atoms. The van der Waals surface area contributed by atoms with E-state index in [0.29, 0.717) is 11.1 Å². The summed E-state index contributed by atoms with van der Waals surface area (Å²) in [4.78, 5) is 11.3. The SMILES string of the molecule is COC(=O)OCC1O[C@@H](Oc2nn(C(C)C)c(C)c2Cc2ccc(C)cc2F)[C@H](O)[C@@H](O)[C@@H]1O. The van der Waals surface area contributed by atoms with Crippen molar-refractivity contribution in [1.29, 1.82) is 0 Å². The third-order valence-electron chi connectivity index (χ3n) is 5.73. The molecule has 3 N–H and O–H groups in total. The number of aryl methyl sites for hydroxylation is 1. The van der Waals surface area contributed by atoms with Crippen molar-refractivity contribution in [2.45, 2.75) is 70.9 Å². The van der Waals surface area contributed by atoms with E-state index >= 15 is 0 Å². The number of nitrogens with zero attached hydrogens (tertiary/aromatic N) is 2. The number of carbonyl (C=O) groups excluding carboxylic acids is 1. The van der Waals surface area contributed by atoms with Crippen LogP contribution in [0.5, 0.6) is 5.88 Å². The summed E-state index contributed by atoms with van der Waals surface area (Å²) in [5.74, 6) is -0.276. The quantitative estimate of drug-likeness (QED) is 0.505. The van der Waals surface area contributed by atoms with Gasteiger partial charge in [0.05, 0.1) is 7.11 Å². The summed E-state index contributed by atoms with van der Waals surface area (Å²) in [5.41, 5.74) is 2.54. The van der Waals surface area contributed by atoms with Gasteiger partial charge in [0, 0.05) is 23.7 Å². The van der Waals surface area contributed by atoms with Gasteiger partial charge in [-0.25, -0.2) is 9.18 Å². The van der Waals surface area contributed by atoms with Crippen LogP contribution in [0, 0.1) is 19.7 Å². The summed E-state index contributed by atoms with van der Waals surface area (Å²) >= 11 is 0. The highest BCUT2D eigenvalue weighted by Crippen LogP contribution is 2.31. The summed E-state index contributed by atoms with van der Waals surface area (Å²) in [6, 6.07) is 4.89. The van der Waals surface area contributed by atoms with Crippen LogP contribution in [0.25, 0.3) is 0 Å². The molecule has 10 nitrogen and oxygen atoms in total. The lowest BCUT2D eigenvalue weighted by Crippen LogP contribution is -2.60. The molecule has 2 aromatic rings. The molecule has 0 saturated carbocycles.